The van der Waals surface area contributed by atoms with E-state index in [4.69, 9.17) is 24.3 Å². The molecule has 9 nitrogen and oxygen atoms in total. The molecule has 0 aromatic heterocycles. The van der Waals surface area contributed by atoms with Gasteiger partial charge in [0.25, 0.3) is 0 Å². The maximum atomic E-state index is 12.5. The van der Waals surface area contributed by atoms with Crippen molar-refractivity contribution < 1.29 is 37.6 Å². The number of rotatable bonds is 36. The SMILES string of the molecule is CCCCCCC=CCC=CCC=CCC=CCCC(=O)OC(COC(=O)CCCCCCCCCCCCCC)COP(=O)(O)OCCN. The molecule has 0 saturated carbocycles. The van der Waals surface area contributed by atoms with Gasteiger partial charge in [0, 0.05) is 19.4 Å². The number of carbonyl (C=O) groups excluding carboxylic acids is 2. The van der Waals surface area contributed by atoms with Gasteiger partial charge in [0.05, 0.1) is 13.2 Å². The molecule has 2 unspecified atom stereocenters. The van der Waals surface area contributed by atoms with Crippen LogP contribution in [0.1, 0.15) is 162 Å². The number of phosphoric acid groups is 1. The number of carbonyl (C=O) groups is 2. The number of hydrogen-bond acceptors (Lipinski definition) is 8. The molecule has 0 bridgehead atoms. The zero-order chi connectivity index (χ0) is 36.8. The van der Waals surface area contributed by atoms with E-state index >= 15 is 0 Å². The van der Waals surface area contributed by atoms with Crippen LogP contribution in [0, 0.1) is 0 Å². The Bertz CT molecular complexity index is 965. The Morgan fingerprint density at radius 1 is 0.600 bits per heavy atom. The van der Waals surface area contributed by atoms with Gasteiger partial charge >= 0.3 is 19.8 Å². The highest BCUT2D eigenvalue weighted by Gasteiger charge is 2.25. The van der Waals surface area contributed by atoms with Crippen LogP contribution in [0.25, 0.3) is 0 Å². The van der Waals surface area contributed by atoms with E-state index in [9.17, 15) is 19.0 Å². The molecular weight excluding hydrogens is 653 g/mol. The molecule has 0 rings (SSSR count). The maximum Gasteiger partial charge on any atom is 0.472 e. The first-order valence-corrected chi connectivity index (χ1v) is 21.1. The molecule has 10 heteroatoms. The number of phosphoric ester groups is 1. The van der Waals surface area contributed by atoms with Crippen molar-refractivity contribution in [3.63, 3.8) is 0 Å². The second-order valence-electron chi connectivity index (χ2n) is 12.8. The summed E-state index contributed by atoms with van der Waals surface area (Å²) in [5.74, 6) is -0.923. The van der Waals surface area contributed by atoms with Gasteiger partial charge in [-0.25, -0.2) is 4.57 Å². The number of unbranched alkanes of at least 4 members (excludes halogenated alkanes) is 15. The predicted molar refractivity (Wildman–Crippen MR) is 206 cm³/mol. The molecule has 0 radical (unpaired) electrons. The topological polar surface area (TPSA) is 134 Å². The lowest BCUT2D eigenvalue weighted by atomic mass is 10.0. The highest BCUT2D eigenvalue weighted by atomic mass is 31.2. The van der Waals surface area contributed by atoms with Gasteiger partial charge in [0.1, 0.15) is 6.61 Å². The smallest absolute Gasteiger partial charge is 0.462 e. The summed E-state index contributed by atoms with van der Waals surface area (Å²) in [4.78, 5) is 34.7. The van der Waals surface area contributed by atoms with Gasteiger partial charge in [-0.2, -0.15) is 0 Å². The molecule has 0 aliphatic rings. The third-order valence-corrected chi connectivity index (χ3v) is 8.97. The minimum atomic E-state index is -4.39. The summed E-state index contributed by atoms with van der Waals surface area (Å²) >= 11 is 0. The molecule has 0 saturated heterocycles. The Labute approximate surface area is 305 Å². The van der Waals surface area contributed by atoms with Crippen molar-refractivity contribution >= 4 is 19.8 Å². The molecule has 0 aliphatic heterocycles. The van der Waals surface area contributed by atoms with Gasteiger partial charge in [0.15, 0.2) is 6.10 Å². The number of hydrogen-bond donors (Lipinski definition) is 2. The molecule has 290 valence electrons. The Hall–Kier alpha value is -2.03. The van der Waals surface area contributed by atoms with E-state index in [2.05, 4.69) is 50.3 Å². The second kappa shape index (κ2) is 36.8. The summed E-state index contributed by atoms with van der Waals surface area (Å²) in [6, 6.07) is 0. The van der Waals surface area contributed by atoms with Gasteiger partial charge in [0.2, 0.25) is 0 Å². The molecule has 50 heavy (non-hydrogen) atoms. The fourth-order valence-electron chi connectivity index (χ4n) is 5.05. The van der Waals surface area contributed by atoms with Crippen LogP contribution in [0.2, 0.25) is 0 Å². The second-order valence-corrected chi connectivity index (χ2v) is 14.3. The Morgan fingerprint density at radius 3 is 1.62 bits per heavy atom. The van der Waals surface area contributed by atoms with Crippen molar-refractivity contribution in [3.8, 4) is 0 Å². The standard InChI is InChI=1S/C40H72NO8P/c1-3-5-7-9-11-13-15-17-18-19-20-21-23-25-27-29-31-33-40(43)49-38(37-48-50(44,45)47-35-34-41)36-46-39(42)32-30-28-26-24-22-16-14-12-10-8-6-4-2/h13,15,18-19,21,23,27,29,38H,3-12,14,16-17,20,22,24-26,28,30-37,41H2,1-2H3,(H,44,45). The molecule has 2 atom stereocenters. The van der Waals surface area contributed by atoms with E-state index < -0.39 is 32.5 Å². The first-order chi connectivity index (χ1) is 24.3. The van der Waals surface area contributed by atoms with Crippen LogP contribution < -0.4 is 5.73 Å². The number of esters is 2. The van der Waals surface area contributed by atoms with Crippen molar-refractivity contribution in [1.29, 1.82) is 0 Å². The van der Waals surface area contributed by atoms with Gasteiger partial charge in [-0.3, -0.25) is 18.6 Å². The molecule has 0 aromatic rings. The summed E-state index contributed by atoms with van der Waals surface area (Å²) in [6.07, 6.45) is 40.1. The quantitative estimate of drug-likeness (QED) is 0.0280. The third kappa shape index (κ3) is 35.8. The number of nitrogens with two attached hydrogens (primary N) is 1. The van der Waals surface area contributed by atoms with Crippen LogP contribution in [0.15, 0.2) is 48.6 Å². The first-order valence-electron chi connectivity index (χ1n) is 19.6. The van der Waals surface area contributed by atoms with E-state index in [0.29, 0.717) is 6.42 Å². The van der Waals surface area contributed by atoms with Gasteiger partial charge < -0.3 is 20.1 Å². The lowest BCUT2D eigenvalue weighted by Gasteiger charge is -2.19. The normalized spacial score (nSPS) is 13.9. The molecule has 0 aromatic carbocycles. The van der Waals surface area contributed by atoms with Crippen molar-refractivity contribution in [2.75, 3.05) is 26.4 Å². The van der Waals surface area contributed by atoms with E-state index in [-0.39, 0.29) is 32.6 Å². The van der Waals surface area contributed by atoms with Crippen LogP contribution in [0.3, 0.4) is 0 Å². The predicted octanol–water partition coefficient (Wildman–Crippen LogP) is 10.8. The highest BCUT2D eigenvalue weighted by molar-refractivity contribution is 7.47. The Balaban J connectivity index is 4.34. The summed E-state index contributed by atoms with van der Waals surface area (Å²) in [5.41, 5.74) is 5.33. The summed E-state index contributed by atoms with van der Waals surface area (Å²) in [7, 11) is -4.39. The van der Waals surface area contributed by atoms with E-state index in [0.717, 1.165) is 38.5 Å². The zero-order valence-electron chi connectivity index (χ0n) is 31.6. The van der Waals surface area contributed by atoms with Crippen LogP contribution in [-0.4, -0.2) is 49.3 Å². The third-order valence-electron chi connectivity index (χ3n) is 7.98. The molecular formula is C40H72NO8P. The number of ether oxygens (including phenoxy) is 2. The first kappa shape index (κ1) is 48.0. The van der Waals surface area contributed by atoms with Crippen molar-refractivity contribution in [2.45, 2.75) is 168 Å². The minimum absolute atomic E-state index is 0.0423. The van der Waals surface area contributed by atoms with E-state index in [1.165, 1.54) is 89.9 Å². The van der Waals surface area contributed by atoms with Gasteiger partial charge in [-0.15, -0.1) is 0 Å². The highest BCUT2D eigenvalue weighted by Crippen LogP contribution is 2.43. The van der Waals surface area contributed by atoms with E-state index in [1.54, 1.807) is 0 Å². The van der Waals surface area contributed by atoms with Crippen molar-refractivity contribution in [1.82, 2.24) is 0 Å². The van der Waals surface area contributed by atoms with E-state index in [1.807, 2.05) is 12.2 Å². The fraction of sp³-hybridized carbons (Fsp3) is 0.750. The molecule has 3 N–H and O–H groups in total. The molecule has 0 fully saturated rings. The van der Waals surface area contributed by atoms with Crippen LogP contribution in [-0.2, 0) is 32.7 Å². The Morgan fingerprint density at radius 2 is 1.08 bits per heavy atom. The lowest BCUT2D eigenvalue weighted by Crippen LogP contribution is -2.29. The summed E-state index contributed by atoms with van der Waals surface area (Å²) in [5, 5.41) is 0. The van der Waals surface area contributed by atoms with Gasteiger partial charge in [-0.1, -0.05) is 152 Å². The average Bonchev–Trinajstić information content (AvgIpc) is 3.10. The zero-order valence-corrected chi connectivity index (χ0v) is 32.5. The molecule has 0 amide bonds. The summed E-state index contributed by atoms with van der Waals surface area (Å²) < 4.78 is 32.6. The van der Waals surface area contributed by atoms with Crippen LogP contribution in [0.5, 0.6) is 0 Å². The fourth-order valence-corrected chi connectivity index (χ4v) is 5.82. The molecule has 0 spiro atoms. The van der Waals surface area contributed by atoms with Crippen molar-refractivity contribution in [3.05, 3.63) is 48.6 Å². The van der Waals surface area contributed by atoms with Gasteiger partial charge in [-0.05, 0) is 44.9 Å². The lowest BCUT2D eigenvalue weighted by molar-refractivity contribution is -0.161. The molecule has 0 heterocycles. The van der Waals surface area contributed by atoms with Crippen LogP contribution in [0.4, 0.5) is 0 Å². The monoisotopic (exact) mass is 725 g/mol. The largest absolute Gasteiger partial charge is 0.472 e. The maximum absolute atomic E-state index is 12.5. The van der Waals surface area contributed by atoms with Crippen molar-refractivity contribution in [2.24, 2.45) is 5.73 Å². The average molecular weight is 726 g/mol. The summed E-state index contributed by atoms with van der Waals surface area (Å²) in [6.45, 7) is 3.61. The molecule has 0 aliphatic carbocycles. The Kier molecular flexibility index (Phi) is 35.3. The number of allylic oxidation sites excluding steroid dienone is 8. The van der Waals surface area contributed by atoms with Crippen LogP contribution >= 0.6 is 7.82 Å². The minimum Gasteiger partial charge on any atom is -0.462 e.